The van der Waals surface area contributed by atoms with Crippen molar-refractivity contribution in [2.45, 2.75) is 17.9 Å². The summed E-state index contributed by atoms with van der Waals surface area (Å²) in [7, 11) is 0. The molecule has 7 nitrogen and oxygen atoms in total. The molecule has 0 aliphatic carbocycles. The highest BCUT2D eigenvalue weighted by Gasteiger charge is 2.18. The fourth-order valence-electron chi connectivity index (χ4n) is 2.62. The number of nitrogen functional groups attached to an aromatic ring is 1. The van der Waals surface area contributed by atoms with Crippen LogP contribution in [0.2, 0.25) is 0 Å². The van der Waals surface area contributed by atoms with Crippen molar-refractivity contribution in [3.05, 3.63) is 72.1 Å². The fraction of sp³-hybridized carbons (Fsp3) is 0.150. The molecule has 0 saturated heterocycles. The van der Waals surface area contributed by atoms with Gasteiger partial charge >= 0.3 is 5.97 Å². The number of aromatic nitrogens is 2. The van der Waals surface area contributed by atoms with Crippen LogP contribution in [0.25, 0.3) is 0 Å². The van der Waals surface area contributed by atoms with Crippen LogP contribution in [-0.4, -0.2) is 32.5 Å². The van der Waals surface area contributed by atoms with Gasteiger partial charge in [0.2, 0.25) is 5.91 Å². The van der Waals surface area contributed by atoms with E-state index in [4.69, 9.17) is 5.73 Å². The van der Waals surface area contributed by atoms with E-state index in [0.717, 1.165) is 10.5 Å². The molecule has 144 valence electrons. The number of anilines is 2. The number of nitrogens with one attached hydrogen (secondary N) is 1. The second-order valence-corrected chi connectivity index (χ2v) is 7.09. The summed E-state index contributed by atoms with van der Waals surface area (Å²) in [5, 5.41) is 16.1. The minimum Gasteiger partial charge on any atom is -0.476 e. The summed E-state index contributed by atoms with van der Waals surface area (Å²) in [5.41, 5.74) is 7.60. The van der Waals surface area contributed by atoms with Crippen LogP contribution in [-0.2, 0) is 17.8 Å². The topological polar surface area (TPSA) is 110 Å². The van der Waals surface area contributed by atoms with Gasteiger partial charge in [-0.3, -0.25) is 9.48 Å². The third kappa shape index (κ3) is 5.14. The molecule has 0 aliphatic rings. The van der Waals surface area contributed by atoms with E-state index >= 15 is 0 Å². The van der Waals surface area contributed by atoms with Crippen molar-refractivity contribution in [1.82, 2.24) is 9.78 Å². The van der Waals surface area contributed by atoms with Crippen LogP contribution in [0.3, 0.4) is 0 Å². The monoisotopic (exact) mass is 396 g/mol. The zero-order chi connectivity index (χ0) is 19.9. The Morgan fingerprint density at radius 2 is 1.82 bits per heavy atom. The lowest BCUT2D eigenvalue weighted by Crippen LogP contribution is -2.16. The number of carboxylic acid groups (broad SMARTS) is 1. The van der Waals surface area contributed by atoms with Gasteiger partial charge in [-0.25, -0.2) is 4.79 Å². The number of benzene rings is 2. The summed E-state index contributed by atoms with van der Waals surface area (Å²) in [6.45, 7) is 0.509. The molecule has 0 atom stereocenters. The first-order chi connectivity index (χ1) is 13.5. The van der Waals surface area contributed by atoms with Crippen LogP contribution in [0.5, 0.6) is 0 Å². The molecule has 28 heavy (non-hydrogen) atoms. The van der Waals surface area contributed by atoms with Gasteiger partial charge in [-0.2, -0.15) is 5.10 Å². The minimum atomic E-state index is -1.19. The van der Waals surface area contributed by atoms with Crippen LogP contribution in [0, 0.1) is 0 Å². The molecular weight excluding hydrogens is 376 g/mol. The third-order valence-electron chi connectivity index (χ3n) is 3.99. The van der Waals surface area contributed by atoms with Gasteiger partial charge in [-0.05, 0) is 24.1 Å². The van der Waals surface area contributed by atoms with E-state index in [9.17, 15) is 14.7 Å². The van der Waals surface area contributed by atoms with Crippen molar-refractivity contribution in [2.24, 2.45) is 0 Å². The van der Waals surface area contributed by atoms with Crippen molar-refractivity contribution in [3.8, 4) is 0 Å². The molecule has 1 aromatic heterocycles. The summed E-state index contributed by atoms with van der Waals surface area (Å²) < 4.78 is 1.54. The molecule has 1 heterocycles. The zero-order valence-corrected chi connectivity index (χ0v) is 15.9. The van der Waals surface area contributed by atoms with Crippen molar-refractivity contribution in [2.75, 3.05) is 16.8 Å². The highest BCUT2D eigenvalue weighted by molar-refractivity contribution is 8.00. The van der Waals surface area contributed by atoms with Gasteiger partial charge in [0.05, 0.1) is 11.4 Å². The number of nitrogens with two attached hydrogens (primary N) is 1. The van der Waals surface area contributed by atoms with Crippen LogP contribution in [0.1, 0.15) is 16.1 Å². The van der Waals surface area contributed by atoms with Gasteiger partial charge < -0.3 is 16.2 Å². The zero-order valence-electron chi connectivity index (χ0n) is 15.0. The number of nitrogens with zero attached hydrogens (tertiary/aromatic N) is 2. The Morgan fingerprint density at radius 1 is 1.11 bits per heavy atom. The second kappa shape index (κ2) is 9.09. The van der Waals surface area contributed by atoms with E-state index in [2.05, 4.69) is 10.4 Å². The molecule has 0 saturated carbocycles. The number of carboxylic acids is 1. The highest BCUT2D eigenvalue weighted by atomic mass is 32.2. The summed E-state index contributed by atoms with van der Waals surface area (Å²) in [6.07, 6.45) is 2.25. The summed E-state index contributed by atoms with van der Waals surface area (Å²) >= 11 is 1.29. The normalized spacial score (nSPS) is 10.6. The van der Waals surface area contributed by atoms with Gasteiger partial charge in [0, 0.05) is 23.3 Å². The fourth-order valence-corrected chi connectivity index (χ4v) is 3.38. The average molecular weight is 396 g/mol. The first-order valence-electron chi connectivity index (χ1n) is 8.65. The van der Waals surface area contributed by atoms with Crippen LogP contribution in [0.4, 0.5) is 11.4 Å². The molecule has 1 amide bonds. The van der Waals surface area contributed by atoms with Crippen LogP contribution >= 0.6 is 11.8 Å². The number of para-hydroxylation sites is 1. The van der Waals surface area contributed by atoms with Crippen molar-refractivity contribution < 1.29 is 14.7 Å². The smallest absolute Gasteiger partial charge is 0.358 e. The number of carbonyl (C=O) groups excluding carboxylic acids is 1. The minimum absolute atomic E-state index is 0.114. The molecule has 0 unspecified atom stereocenters. The highest BCUT2D eigenvalue weighted by Crippen LogP contribution is 2.24. The number of hydrogen-bond donors (Lipinski definition) is 3. The predicted octanol–water partition coefficient (Wildman–Crippen LogP) is 3.14. The standard InChI is InChI=1S/C20H20N4O3S/c21-15-8-4-5-9-17(15)28-13-18(25)22-16-12-24(23-19(16)20(26)27)11-10-14-6-2-1-3-7-14/h1-9,12H,10-11,13,21H2,(H,22,25)(H,26,27). The third-order valence-corrected chi connectivity index (χ3v) is 5.08. The number of aromatic carboxylic acids is 1. The number of rotatable bonds is 8. The van der Waals surface area contributed by atoms with E-state index in [1.165, 1.54) is 16.4 Å². The molecule has 0 aliphatic heterocycles. The van der Waals surface area contributed by atoms with Crippen LogP contribution < -0.4 is 11.1 Å². The quantitative estimate of drug-likeness (QED) is 0.399. The van der Waals surface area contributed by atoms with Gasteiger partial charge in [-0.15, -0.1) is 11.8 Å². The first-order valence-corrected chi connectivity index (χ1v) is 9.63. The summed E-state index contributed by atoms with van der Waals surface area (Å²) in [4.78, 5) is 24.5. The Kier molecular flexibility index (Phi) is 6.33. The van der Waals surface area contributed by atoms with E-state index < -0.39 is 5.97 Å². The van der Waals surface area contributed by atoms with Crippen LogP contribution in [0.15, 0.2) is 65.7 Å². The Hall–Kier alpha value is -3.26. The molecule has 0 radical (unpaired) electrons. The molecule has 3 rings (SSSR count). The van der Waals surface area contributed by atoms with Gasteiger partial charge in [-0.1, -0.05) is 42.5 Å². The molecule has 0 fully saturated rings. The number of amides is 1. The molecule has 0 bridgehead atoms. The lowest BCUT2D eigenvalue weighted by atomic mass is 10.1. The Morgan fingerprint density at radius 3 is 2.54 bits per heavy atom. The molecule has 8 heteroatoms. The van der Waals surface area contributed by atoms with Crippen molar-refractivity contribution in [1.29, 1.82) is 0 Å². The Balaban J connectivity index is 1.63. The maximum Gasteiger partial charge on any atom is 0.358 e. The van der Waals surface area contributed by atoms with Gasteiger partial charge in [0.15, 0.2) is 5.69 Å². The molecule has 0 spiro atoms. The number of carbonyl (C=O) groups is 2. The largest absolute Gasteiger partial charge is 0.476 e. The van der Waals surface area contributed by atoms with Crippen molar-refractivity contribution in [3.63, 3.8) is 0 Å². The molecule has 4 N–H and O–H groups in total. The van der Waals surface area contributed by atoms with Gasteiger partial charge in [0.1, 0.15) is 0 Å². The maximum absolute atomic E-state index is 12.3. The van der Waals surface area contributed by atoms with E-state index in [-0.39, 0.29) is 23.0 Å². The lowest BCUT2D eigenvalue weighted by molar-refractivity contribution is -0.113. The Labute approximate surface area is 166 Å². The second-order valence-electron chi connectivity index (χ2n) is 6.07. The number of hydrogen-bond acceptors (Lipinski definition) is 5. The number of thioether (sulfide) groups is 1. The number of aryl methyl sites for hydroxylation is 2. The van der Waals surface area contributed by atoms with E-state index in [0.29, 0.717) is 18.7 Å². The van der Waals surface area contributed by atoms with Gasteiger partial charge in [0.25, 0.3) is 0 Å². The molecular formula is C20H20N4O3S. The predicted molar refractivity (Wildman–Crippen MR) is 110 cm³/mol. The summed E-state index contributed by atoms with van der Waals surface area (Å²) in [6, 6.07) is 17.1. The maximum atomic E-state index is 12.3. The van der Waals surface area contributed by atoms with Crippen molar-refractivity contribution >= 4 is 35.0 Å². The first kappa shape index (κ1) is 19.5. The Bertz CT molecular complexity index is 973. The van der Waals surface area contributed by atoms with E-state index in [1.54, 1.807) is 12.3 Å². The molecule has 3 aromatic rings. The van der Waals surface area contributed by atoms with E-state index in [1.807, 2.05) is 48.5 Å². The molecule has 2 aromatic carbocycles. The lowest BCUT2D eigenvalue weighted by Gasteiger charge is -2.05. The SMILES string of the molecule is Nc1ccccc1SCC(=O)Nc1cn(CCc2ccccc2)nc1C(=O)O. The average Bonchev–Trinajstić information content (AvgIpc) is 3.09. The summed E-state index contributed by atoms with van der Waals surface area (Å²) in [5.74, 6) is -1.39.